The van der Waals surface area contributed by atoms with Crippen LogP contribution in [0.4, 0.5) is 18.0 Å². The van der Waals surface area contributed by atoms with Crippen molar-refractivity contribution in [1.82, 2.24) is 10.3 Å². The van der Waals surface area contributed by atoms with E-state index in [0.29, 0.717) is 5.39 Å². The first-order valence-corrected chi connectivity index (χ1v) is 7.77. The molecule has 0 fully saturated rings. The fourth-order valence-electron chi connectivity index (χ4n) is 2.43. The summed E-state index contributed by atoms with van der Waals surface area (Å²) >= 11 is 0. The minimum Gasteiger partial charge on any atom is -0.480 e. The molecular formula is C17H19F3N2O4. The summed E-state index contributed by atoms with van der Waals surface area (Å²) in [6.45, 7) is 4.87. The number of nitrogens with one attached hydrogen (secondary N) is 2. The molecule has 1 unspecified atom stereocenters. The SMILES string of the molecule is CC(C)(C)OC(=O)NC(Cc1cc2cccc(C(F)(F)F)c2[nH]1)C(=O)O. The number of carbonyl (C=O) groups excluding carboxylic acids is 1. The predicted octanol–water partition coefficient (Wildman–Crippen LogP) is 3.71. The maximum absolute atomic E-state index is 13.1. The molecule has 2 rings (SSSR count). The van der Waals surface area contributed by atoms with Crippen LogP contribution in [0.15, 0.2) is 24.3 Å². The van der Waals surface area contributed by atoms with Gasteiger partial charge in [-0.2, -0.15) is 13.2 Å². The second kappa shape index (κ2) is 6.89. The van der Waals surface area contributed by atoms with Crippen molar-refractivity contribution < 1.29 is 32.6 Å². The van der Waals surface area contributed by atoms with Gasteiger partial charge in [-0.1, -0.05) is 12.1 Å². The Balaban J connectivity index is 2.24. The van der Waals surface area contributed by atoms with Crippen molar-refractivity contribution in [3.63, 3.8) is 0 Å². The molecule has 1 aromatic heterocycles. The number of benzene rings is 1. The van der Waals surface area contributed by atoms with E-state index in [0.717, 1.165) is 6.07 Å². The van der Waals surface area contributed by atoms with Crippen molar-refractivity contribution in [2.24, 2.45) is 0 Å². The van der Waals surface area contributed by atoms with E-state index in [9.17, 15) is 27.9 Å². The number of halogens is 3. The van der Waals surface area contributed by atoms with Crippen LogP contribution in [-0.2, 0) is 22.1 Å². The Labute approximate surface area is 147 Å². The first-order chi connectivity index (χ1) is 11.9. The molecule has 9 heteroatoms. The van der Waals surface area contributed by atoms with E-state index in [4.69, 9.17) is 4.74 Å². The number of alkyl carbamates (subject to hydrolysis) is 1. The van der Waals surface area contributed by atoms with Gasteiger partial charge in [0, 0.05) is 17.5 Å². The highest BCUT2D eigenvalue weighted by Gasteiger charge is 2.33. The molecule has 3 N–H and O–H groups in total. The Morgan fingerprint density at radius 1 is 1.27 bits per heavy atom. The first-order valence-electron chi connectivity index (χ1n) is 7.77. The molecule has 1 heterocycles. The van der Waals surface area contributed by atoms with Gasteiger partial charge in [-0.05, 0) is 32.9 Å². The van der Waals surface area contributed by atoms with Crippen LogP contribution in [-0.4, -0.2) is 33.8 Å². The maximum atomic E-state index is 13.1. The molecule has 0 saturated heterocycles. The van der Waals surface area contributed by atoms with Crippen molar-refractivity contribution in [3.8, 4) is 0 Å². The number of H-pyrrole nitrogens is 1. The second-order valence-electron chi connectivity index (χ2n) is 6.80. The number of fused-ring (bicyclic) bond motifs is 1. The third-order valence-corrected chi connectivity index (χ3v) is 3.43. The smallest absolute Gasteiger partial charge is 0.418 e. The standard InChI is InChI=1S/C17H19F3N2O4/c1-16(2,3)26-15(25)22-12(14(23)24)8-10-7-9-5-4-6-11(13(9)21-10)17(18,19)20/h4-7,12,21H,8H2,1-3H3,(H,22,25)(H,23,24). The summed E-state index contributed by atoms with van der Waals surface area (Å²) in [5.74, 6) is -1.33. The number of aromatic nitrogens is 1. The topological polar surface area (TPSA) is 91.4 Å². The van der Waals surface area contributed by atoms with Gasteiger partial charge in [0.05, 0.1) is 11.1 Å². The molecule has 0 spiro atoms. The molecule has 1 aromatic carbocycles. The molecule has 0 bridgehead atoms. The third-order valence-electron chi connectivity index (χ3n) is 3.43. The summed E-state index contributed by atoms with van der Waals surface area (Å²) in [4.78, 5) is 25.8. The summed E-state index contributed by atoms with van der Waals surface area (Å²) < 4.78 is 44.2. The zero-order valence-corrected chi connectivity index (χ0v) is 14.4. The van der Waals surface area contributed by atoms with Gasteiger partial charge in [-0.15, -0.1) is 0 Å². The van der Waals surface area contributed by atoms with Gasteiger partial charge in [0.15, 0.2) is 0 Å². The van der Waals surface area contributed by atoms with Crippen molar-refractivity contribution in [2.45, 2.75) is 45.0 Å². The summed E-state index contributed by atoms with van der Waals surface area (Å²) in [7, 11) is 0. The third kappa shape index (κ3) is 4.90. The number of alkyl halides is 3. The van der Waals surface area contributed by atoms with Crippen LogP contribution in [0.1, 0.15) is 32.0 Å². The van der Waals surface area contributed by atoms with Crippen LogP contribution < -0.4 is 5.32 Å². The Bertz CT molecular complexity index is 822. The lowest BCUT2D eigenvalue weighted by Gasteiger charge is -2.21. The van der Waals surface area contributed by atoms with Gasteiger partial charge in [0.1, 0.15) is 11.6 Å². The molecule has 0 radical (unpaired) electrons. The first kappa shape index (κ1) is 19.6. The van der Waals surface area contributed by atoms with Gasteiger partial charge in [-0.3, -0.25) is 0 Å². The normalized spacial score (nSPS) is 13.5. The lowest BCUT2D eigenvalue weighted by Crippen LogP contribution is -2.44. The van der Waals surface area contributed by atoms with Gasteiger partial charge in [0.25, 0.3) is 0 Å². The zero-order chi connectivity index (χ0) is 19.7. The summed E-state index contributed by atoms with van der Waals surface area (Å²) in [6.07, 6.45) is -5.68. The lowest BCUT2D eigenvalue weighted by atomic mass is 10.1. The van der Waals surface area contributed by atoms with Crippen LogP contribution >= 0.6 is 0 Å². The fraction of sp³-hybridized carbons (Fsp3) is 0.412. The quantitative estimate of drug-likeness (QED) is 0.763. The number of carboxylic acids is 1. The van der Waals surface area contributed by atoms with Crippen molar-refractivity contribution in [3.05, 3.63) is 35.5 Å². The van der Waals surface area contributed by atoms with Gasteiger partial charge in [0.2, 0.25) is 0 Å². The van der Waals surface area contributed by atoms with E-state index in [1.807, 2.05) is 0 Å². The Morgan fingerprint density at radius 3 is 2.46 bits per heavy atom. The molecule has 1 amide bonds. The van der Waals surface area contributed by atoms with Crippen molar-refractivity contribution in [2.75, 3.05) is 0 Å². The van der Waals surface area contributed by atoms with E-state index in [1.165, 1.54) is 18.2 Å². The largest absolute Gasteiger partial charge is 0.480 e. The fourth-order valence-corrected chi connectivity index (χ4v) is 2.43. The number of hydrogen-bond donors (Lipinski definition) is 3. The number of aliphatic carboxylic acids is 1. The summed E-state index contributed by atoms with van der Waals surface area (Å²) in [5.41, 5.74) is -1.53. The number of carbonyl (C=O) groups is 2. The van der Waals surface area contributed by atoms with E-state index in [1.54, 1.807) is 20.8 Å². The Kier molecular flexibility index (Phi) is 5.20. The van der Waals surface area contributed by atoms with Gasteiger partial charge < -0.3 is 20.1 Å². The highest BCUT2D eigenvalue weighted by Crippen LogP contribution is 2.34. The minimum absolute atomic E-state index is 0.128. The average Bonchev–Trinajstić information content (AvgIpc) is 2.85. The number of ether oxygens (including phenoxy) is 1. The van der Waals surface area contributed by atoms with Crippen LogP contribution in [0.3, 0.4) is 0 Å². The monoisotopic (exact) mass is 372 g/mol. The molecule has 6 nitrogen and oxygen atoms in total. The molecule has 2 aromatic rings. The number of rotatable bonds is 4. The van der Waals surface area contributed by atoms with E-state index >= 15 is 0 Å². The summed E-state index contributed by atoms with van der Waals surface area (Å²) in [6, 6.07) is 3.78. The zero-order valence-electron chi connectivity index (χ0n) is 14.4. The molecule has 1 atom stereocenters. The summed E-state index contributed by atoms with van der Waals surface area (Å²) in [5, 5.41) is 11.8. The highest BCUT2D eigenvalue weighted by atomic mass is 19.4. The minimum atomic E-state index is -4.54. The number of para-hydroxylation sites is 1. The van der Waals surface area contributed by atoms with E-state index in [2.05, 4.69) is 10.3 Å². The number of amides is 1. The second-order valence-corrected chi connectivity index (χ2v) is 6.80. The predicted molar refractivity (Wildman–Crippen MR) is 87.8 cm³/mol. The molecular weight excluding hydrogens is 353 g/mol. The molecule has 0 aliphatic rings. The molecule has 0 saturated carbocycles. The lowest BCUT2D eigenvalue weighted by molar-refractivity contribution is -0.139. The van der Waals surface area contributed by atoms with Crippen molar-refractivity contribution >= 4 is 23.0 Å². The maximum Gasteiger partial charge on any atom is 0.418 e. The molecule has 0 aliphatic heterocycles. The number of hydrogen-bond acceptors (Lipinski definition) is 3. The van der Waals surface area contributed by atoms with Gasteiger partial charge in [-0.25, -0.2) is 9.59 Å². The molecule has 26 heavy (non-hydrogen) atoms. The molecule has 0 aliphatic carbocycles. The van der Waals surface area contributed by atoms with Crippen LogP contribution in [0.5, 0.6) is 0 Å². The van der Waals surface area contributed by atoms with Crippen LogP contribution in [0.2, 0.25) is 0 Å². The molecule has 142 valence electrons. The highest BCUT2D eigenvalue weighted by molar-refractivity contribution is 5.85. The number of aromatic amines is 1. The average molecular weight is 372 g/mol. The van der Waals surface area contributed by atoms with E-state index in [-0.39, 0.29) is 17.6 Å². The Hall–Kier alpha value is -2.71. The Morgan fingerprint density at radius 2 is 1.92 bits per heavy atom. The number of carboxylic acid groups (broad SMARTS) is 1. The van der Waals surface area contributed by atoms with Crippen LogP contribution in [0.25, 0.3) is 10.9 Å². The van der Waals surface area contributed by atoms with Crippen LogP contribution in [0, 0.1) is 0 Å². The van der Waals surface area contributed by atoms with Crippen molar-refractivity contribution in [1.29, 1.82) is 0 Å². The van der Waals surface area contributed by atoms with Gasteiger partial charge >= 0.3 is 18.2 Å². The van der Waals surface area contributed by atoms with E-state index < -0.39 is 35.4 Å².